The van der Waals surface area contributed by atoms with Crippen LogP contribution in [-0.4, -0.2) is 64.4 Å². The van der Waals surface area contributed by atoms with Gasteiger partial charge in [0.15, 0.2) is 0 Å². The zero-order valence-electron chi connectivity index (χ0n) is 17.6. The average molecular weight is 446 g/mol. The van der Waals surface area contributed by atoms with Crippen LogP contribution in [0.4, 0.5) is 4.39 Å². The minimum atomic E-state index is -0.627. The molecule has 1 atom stereocenters. The number of benzene rings is 1. The number of piperidine rings is 1. The van der Waals surface area contributed by atoms with E-state index in [-0.39, 0.29) is 17.0 Å². The monoisotopic (exact) mass is 445 g/mol. The van der Waals surface area contributed by atoms with E-state index in [9.17, 15) is 14.0 Å². The van der Waals surface area contributed by atoms with Crippen molar-refractivity contribution in [2.75, 3.05) is 31.6 Å². The van der Waals surface area contributed by atoms with Crippen LogP contribution in [0.1, 0.15) is 41.0 Å². The summed E-state index contributed by atoms with van der Waals surface area (Å²) in [6.45, 7) is 2.09. The highest BCUT2D eigenvalue weighted by Crippen LogP contribution is 2.36. The van der Waals surface area contributed by atoms with E-state index >= 15 is 0 Å². The van der Waals surface area contributed by atoms with E-state index in [0.717, 1.165) is 37.3 Å². The molecule has 7 nitrogen and oxygen atoms in total. The van der Waals surface area contributed by atoms with Crippen molar-refractivity contribution in [3.63, 3.8) is 0 Å². The van der Waals surface area contributed by atoms with E-state index in [4.69, 9.17) is 0 Å². The minimum absolute atomic E-state index is 0.0771. The van der Waals surface area contributed by atoms with Gasteiger partial charge in [-0.1, -0.05) is 6.07 Å². The number of imidazole rings is 1. The third-order valence-electron chi connectivity index (χ3n) is 6.24. The molecule has 0 bridgehead atoms. The second-order valence-corrected chi connectivity index (χ2v) is 9.12. The molecule has 9 heteroatoms. The largest absolute Gasteiger partial charge is 0.348 e. The Kier molecular flexibility index (Phi) is 6.62. The van der Waals surface area contributed by atoms with Crippen LogP contribution in [0.15, 0.2) is 30.6 Å². The van der Waals surface area contributed by atoms with Crippen molar-refractivity contribution in [1.82, 2.24) is 25.5 Å². The fourth-order valence-electron chi connectivity index (χ4n) is 4.54. The number of nitrogens with one attached hydrogen (secondary N) is 3. The lowest BCUT2D eigenvalue weighted by Crippen LogP contribution is -2.57. The number of carbonyl (C=O) groups excluding carboxylic acids is 2. The maximum absolute atomic E-state index is 13.5. The first-order valence-electron chi connectivity index (χ1n) is 10.6. The lowest BCUT2D eigenvalue weighted by Gasteiger charge is -2.44. The van der Waals surface area contributed by atoms with Crippen molar-refractivity contribution in [3.8, 4) is 0 Å². The number of aromatic nitrogens is 2. The predicted molar refractivity (Wildman–Crippen MR) is 118 cm³/mol. The van der Waals surface area contributed by atoms with Gasteiger partial charge in [0.2, 0.25) is 5.91 Å². The van der Waals surface area contributed by atoms with Gasteiger partial charge >= 0.3 is 0 Å². The number of likely N-dealkylation sites (tertiary alicyclic amines) is 1. The van der Waals surface area contributed by atoms with Gasteiger partial charge < -0.3 is 20.5 Å². The summed E-state index contributed by atoms with van der Waals surface area (Å²) in [4.78, 5) is 35.5. The molecule has 1 saturated heterocycles. The molecule has 166 valence electrons. The number of thioether (sulfide) groups is 1. The Bertz CT molecular complexity index is 941. The number of amides is 2. The van der Waals surface area contributed by atoms with Crippen LogP contribution >= 0.6 is 11.8 Å². The molecule has 31 heavy (non-hydrogen) atoms. The van der Waals surface area contributed by atoms with Crippen molar-refractivity contribution >= 4 is 23.6 Å². The van der Waals surface area contributed by atoms with Gasteiger partial charge in [0.1, 0.15) is 11.9 Å². The van der Waals surface area contributed by atoms with Gasteiger partial charge in [-0.25, -0.2) is 9.37 Å². The van der Waals surface area contributed by atoms with Gasteiger partial charge in [0.25, 0.3) is 5.91 Å². The summed E-state index contributed by atoms with van der Waals surface area (Å²) in [7, 11) is 0. The van der Waals surface area contributed by atoms with E-state index < -0.39 is 17.8 Å². The number of nitrogens with zero attached hydrogens (tertiary/aromatic N) is 2. The summed E-state index contributed by atoms with van der Waals surface area (Å²) in [6.07, 6.45) is 6.74. The molecule has 1 aromatic carbocycles. The number of halogens is 1. The Balaban J connectivity index is 1.43. The molecule has 2 aliphatic rings. The standard InChI is InChI=1S/C22H28FN5O2S/c1-31-12-6-18(27-20(29)15-3-2-4-16(23)13-15)21(30)28-10-7-22(8-11-28)19-17(5-9-26-22)24-14-25-19/h2-4,13-14,18,26H,5-12H2,1H3,(H,24,25)(H,27,29). The number of aromatic amines is 1. The van der Waals surface area contributed by atoms with Crippen LogP contribution in [0.5, 0.6) is 0 Å². The highest BCUT2D eigenvalue weighted by Gasteiger charge is 2.42. The second kappa shape index (κ2) is 9.40. The Morgan fingerprint density at radius 3 is 2.90 bits per heavy atom. The van der Waals surface area contributed by atoms with Crippen molar-refractivity contribution < 1.29 is 14.0 Å². The number of carbonyl (C=O) groups is 2. The summed E-state index contributed by atoms with van der Waals surface area (Å²) in [6, 6.07) is 4.90. The second-order valence-electron chi connectivity index (χ2n) is 8.13. The Labute approximate surface area is 185 Å². The zero-order chi connectivity index (χ0) is 21.8. The maximum Gasteiger partial charge on any atom is 0.252 e. The number of rotatable bonds is 6. The molecule has 1 aromatic heterocycles. The van der Waals surface area contributed by atoms with Crippen molar-refractivity contribution in [2.24, 2.45) is 0 Å². The number of H-pyrrole nitrogens is 1. The molecule has 1 spiro atoms. The molecular weight excluding hydrogens is 417 g/mol. The van der Waals surface area contributed by atoms with E-state index in [2.05, 4.69) is 20.6 Å². The molecule has 2 amide bonds. The van der Waals surface area contributed by atoms with Gasteiger partial charge in [0.05, 0.1) is 17.6 Å². The first-order valence-corrected chi connectivity index (χ1v) is 12.0. The van der Waals surface area contributed by atoms with Crippen LogP contribution in [-0.2, 0) is 16.8 Å². The third-order valence-corrected chi connectivity index (χ3v) is 6.88. The highest BCUT2D eigenvalue weighted by atomic mass is 32.2. The number of hydrogen-bond donors (Lipinski definition) is 3. The molecule has 1 unspecified atom stereocenters. The lowest BCUT2D eigenvalue weighted by molar-refractivity contribution is -0.135. The van der Waals surface area contributed by atoms with E-state index in [1.165, 1.54) is 23.9 Å². The van der Waals surface area contributed by atoms with Crippen LogP contribution in [0.3, 0.4) is 0 Å². The van der Waals surface area contributed by atoms with Gasteiger partial charge in [-0.2, -0.15) is 11.8 Å². The Hall–Kier alpha value is -2.39. The van der Waals surface area contributed by atoms with E-state index in [1.807, 2.05) is 11.2 Å². The molecule has 0 saturated carbocycles. The van der Waals surface area contributed by atoms with Crippen molar-refractivity contribution in [1.29, 1.82) is 0 Å². The fraction of sp³-hybridized carbons (Fsp3) is 0.500. The van der Waals surface area contributed by atoms with E-state index in [1.54, 1.807) is 24.2 Å². The fourth-order valence-corrected chi connectivity index (χ4v) is 5.01. The van der Waals surface area contributed by atoms with Crippen LogP contribution in [0.2, 0.25) is 0 Å². The number of hydrogen-bond acceptors (Lipinski definition) is 5. The maximum atomic E-state index is 13.5. The zero-order valence-corrected chi connectivity index (χ0v) is 18.4. The first-order chi connectivity index (χ1) is 15.0. The molecule has 4 rings (SSSR count). The first kappa shape index (κ1) is 21.8. The summed E-state index contributed by atoms with van der Waals surface area (Å²) < 4.78 is 13.5. The summed E-state index contributed by atoms with van der Waals surface area (Å²) in [5, 5.41) is 6.46. The Morgan fingerprint density at radius 2 is 2.16 bits per heavy atom. The molecule has 1 fully saturated rings. The average Bonchev–Trinajstić information content (AvgIpc) is 3.27. The molecule has 2 aliphatic heterocycles. The van der Waals surface area contributed by atoms with Crippen LogP contribution < -0.4 is 10.6 Å². The van der Waals surface area contributed by atoms with Crippen LogP contribution in [0, 0.1) is 5.82 Å². The minimum Gasteiger partial charge on any atom is -0.348 e. The SMILES string of the molecule is CSCCC(NC(=O)c1cccc(F)c1)C(=O)N1CCC2(CC1)NCCc1[nH]cnc12. The molecule has 2 aromatic rings. The quantitative estimate of drug-likeness (QED) is 0.633. The topological polar surface area (TPSA) is 90.1 Å². The molecule has 0 aliphatic carbocycles. The number of fused-ring (bicyclic) bond motifs is 2. The van der Waals surface area contributed by atoms with Gasteiger partial charge in [-0.15, -0.1) is 0 Å². The molecule has 3 heterocycles. The summed E-state index contributed by atoms with van der Waals surface area (Å²) in [5.41, 5.74) is 2.28. The molecule has 0 radical (unpaired) electrons. The lowest BCUT2D eigenvalue weighted by atomic mass is 9.80. The third kappa shape index (κ3) is 4.62. The van der Waals surface area contributed by atoms with Crippen molar-refractivity contribution in [3.05, 3.63) is 53.4 Å². The van der Waals surface area contributed by atoms with Gasteiger partial charge in [0, 0.05) is 37.3 Å². The summed E-state index contributed by atoms with van der Waals surface area (Å²) in [5.74, 6) is -0.233. The molecular formula is C22H28FN5O2S. The van der Waals surface area contributed by atoms with Gasteiger partial charge in [-0.05, 0) is 49.5 Å². The van der Waals surface area contributed by atoms with E-state index in [0.29, 0.717) is 19.5 Å². The Morgan fingerprint density at radius 1 is 1.35 bits per heavy atom. The highest BCUT2D eigenvalue weighted by molar-refractivity contribution is 7.98. The normalized spacial score (nSPS) is 18.5. The molecule has 3 N–H and O–H groups in total. The van der Waals surface area contributed by atoms with Crippen molar-refractivity contribution in [2.45, 2.75) is 37.3 Å². The van der Waals surface area contributed by atoms with Gasteiger partial charge in [-0.3, -0.25) is 9.59 Å². The van der Waals surface area contributed by atoms with Crippen LogP contribution in [0.25, 0.3) is 0 Å². The predicted octanol–water partition coefficient (Wildman–Crippen LogP) is 2.06. The smallest absolute Gasteiger partial charge is 0.252 e. The summed E-state index contributed by atoms with van der Waals surface area (Å²) >= 11 is 1.63.